The molecule has 1 aliphatic carbocycles. The number of esters is 1. The highest BCUT2D eigenvalue weighted by Gasteiger charge is 2.18. The molecule has 138 valence electrons. The van der Waals surface area contributed by atoms with Crippen LogP contribution in [0.1, 0.15) is 38.5 Å². The minimum absolute atomic E-state index is 0.337. The molecule has 0 atom stereocenters. The molecule has 0 aliphatic heterocycles. The van der Waals surface area contributed by atoms with Gasteiger partial charge in [0.25, 0.3) is 5.91 Å². The van der Waals surface area contributed by atoms with Crippen LogP contribution in [0.5, 0.6) is 11.5 Å². The predicted octanol–water partition coefficient (Wildman–Crippen LogP) is 3.81. The van der Waals surface area contributed by atoms with E-state index in [4.69, 9.17) is 25.8 Å². The van der Waals surface area contributed by atoms with Crippen LogP contribution in [0.15, 0.2) is 12.1 Å². The summed E-state index contributed by atoms with van der Waals surface area (Å²) in [5, 5.41) is 2.96. The molecule has 1 aromatic rings. The molecule has 0 saturated heterocycles. The monoisotopic (exact) mass is 369 g/mol. The van der Waals surface area contributed by atoms with Gasteiger partial charge in [0.1, 0.15) is 11.5 Å². The predicted molar refractivity (Wildman–Crippen MR) is 95.3 cm³/mol. The van der Waals surface area contributed by atoms with Crippen LogP contribution in [0.3, 0.4) is 0 Å². The van der Waals surface area contributed by atoms with Crippen LogP contribution in [-0.2, 0) is 14.3 Å². The third-order valence-corrected chi connectivity index (χ3v) is 4.64. The molecule has 1 N–H and O–H groups in total. The van der Waals surface area contributed by atoms with Crippen LogP contribution in [0, 0.1) is 5.92 Å². The fourth-order valence-corrected chi connectivity index (χ4v) is 3.22. The summed E-state index contributed by atoms with van der Waals surface area (Å²) in [6.45, 7) is -0.337. The van der Waals surface area contributed by atoms with Crippen molar-refractivity contribution in [2.45, 2.75) is 38.5 Å². The van der Waals surface area contributed by atoms with Gasteiger partial charge < -0.3 is 19.5 Å². The van der Waals surface area contributed by atoms with Crippen molar-refractivity contribution >= 4 is 29.2 Å². The normalized spacial score (nSPS) is 14.2. The van der Waals surface area contributed by atoms with Gasteiger partial charge in [-0.25, -0.2) is 0 Å². The standard InChI is InChI=1S/C18H24ClNO5/c1-23-15-10-16(24-2)14(9-13(15)19)20-17(21)11-25-18(22)8-7-12-5-3-4-6-12/h9-10,12H,3-8,11H2,1-2H3,(H,20,21). The van der Waals surface area contributed by atoms with Gasteiger partial charge in [-0.2, -0.15) is 0 Å². The molecule has 2 rings (SSSR count). The van der Waals surface area contributed by atoms with Gasteiger partial charge in [0.2, 0.25) is 0 Å². The maximum Gasteiger partial charge on any atom is 0.306 e. The topological polar surface area (TPSA) is 73.9 Å². The first-order valence-electron chi connectivity index (χ1n) is 8.40. The van der Waals surface area contributed by atoms with Crippen LogP contribution < -0.4 is 14.8 Å². The Balaban J connectivity index is 1.81. The summed E-state index contributed by atoms with van der Waals surface area (Å²) in [5.74, 6) is 0.666. The van der Waals surface area contributed by atoms with Gasteiger partial charge in [0.05, 0.1) is 24.9 Å². The minimum Gasteiger partial charge on any atom is -0.495 e. The second-order valence-corrected chi connectivity index (χ2v) is 6.49. The number of rotatable bonds is 8. The van der Waals surface area contributed by atoms with E-state index in [1.165, 1.54) is 46.0 Å². The molecule has 1 amide bonds. The molecule has 0 heterocycles. The van der Waals surface area contributed by atoms with Crippen molar-refractivity contribution in [2.75, 3.05) is 26.1 Å². The van der Waals surface area contributed by atoms with E-state index in [2.05, 4.69) is 5.32 Å². The second-order valence-electron chi connectivity index (χ2n) is 6.09. The molecule has 1 aliphatic rings. The lowest BCUT2D eigenvalue weighted by Crippen LogP contribution is -2.21. The molecule has 0 unspecified atom stereocenters. The highest BCUT2D eigenvalue weighted by Crippen LogP contribution is 2.35. The number of carbonyl (C=O) groups excluding carboxylic acids is 2. The van der Waals surface area contributed by atoms with Gasteiger partial charge in [-0.1, -0.05) is 37.3 Å². The fourth-order valence-electron chi connectivity index (χ4n) is 2.98. The number of methoxy groups -OCH3 is 2. The summed E-state index contributed by atoms with van der Waals surface area (Å²) in [4.78, 5) is 23.7. The van der Waals surface area contributed by atoms with E-state index in [1.807, 2.05) is 0 Å². The van der Waals surface area contributed by atoms with E-state index < -0.39 is 5.91 Å². The van der Waals surface area contributed by atoms with Crippen LogP contribution in [0.25, 0.3) is 0 Å². The lowest BCUT2D eigenvalue weighted by Gasteiger charge is -2.13. The number of hydrogen-bond donors (Lipinski definition) is 1. The quantitative estimate of drug-likeness (QED) is 0.705. The van der Waals surface area contributed by atoms with E-state index in [9.17, 15) is 9.59 Å². The van der Waals surface area contributed by atoms with Crippen LogP contribution in [0.2, 0.25) is 5.02 Å². The number of nitrogens with one attached hydrogen (secondary N) is 1. The zero-order valence-corrected chi connectivity index (χ0v) is 15.4. The molecular formula is C18H24ClNO5. The number of ether oxygens (including phenoxy) is 3. The average Bonchev–Trinajstić information content (AvgIpc) is 3.12. The van der Waals surface area contributed by atoms with Crippen molar-refractivity contribution in [3.8, 4) is 11.5 Å². The van der Waals surface area contributed by atoms with Gasteiger partial charge in [-0.3, -0.25) is 9.59 Å². The Morgan fingerprint density at radius 2 is 1.84 bits per heavy atom. The maximum absolute atomic E-state index is 12.0. The zero-order chi connectivity index (χ0) is 18.2. The minimum atomic E-state index is -0.450. The molecule has 7 heteroatoms. The van der Waals surface area contributed by atoms with Crippen molar-refractivity contribution in [3.63, 3.8) is 0 Å². The van der Waals surface area contributed by atoms with E-state index in [0.29, 0.717) is 34.5 Å². The molecule has 0 spiro atoms. The van der Waals surface area contributed by atoms with Crippen LogP contribution in [0.4, 0.5) is 5.69 Å². The Kier molecular flexibility index (Phi) is 7.37. The van der Waals surface area contributed by atoms with E-state index in [1.54, 1.807) is 6.07 Å². The highest BCUT2D eigenvalue weighted by atomic mass is 35.5. The summed E-state index contributed by atoms with van der Waals surface area (Å²) < 4.78 is 15.3. The van der Waals surface area contributed by atoms with Crippen molar-refractivity contribution in [1.29, 1.82) is 0 Å². The molecule has 0 bridgehead atoms. The van der Waals surface area contributed by atoms with Gasteiger partial charge in [0.15, 0.2) is 6.61 Å². The summed E-state index contributed by atoms with van der Waals surface area (Å²) in [7, 11) is 2.96. The molecule has 1 saturated carbocycles. The fraction of sp³-hybridized carbons (Fsp3) is 0.556. The number of amides is 1. The number of anilines is 1. The summed E-state index contributed by atoms with van der Waals surface area (Å²) in [5.41, 5.74) is 0.389. The SMILES string of the molecule is COc1cc(OC)c(NC(=O)COC(=O)CCC2CCCC2)cc1Cl. The van der Waals surface area contributed by atoms with Crippen LogP contribution >= 0.6 is 11.6 Å². The third-order valence-electron chi connectivity index (χ3n) is 4.34. The average molecular weight is 370 g/mol. The molecule has 25 heavy (non-hydrogen) atoms. The molecule has 1 aromatic carbocycles. The lowest BCUT2D eigenvalue weighted by atomic mass is 10.0. The number of hydrogen-bond acceptors (Lipinski definition) is 5. The first kappa shape index (κ1) is 19.4. The zero-order valence-electron chi connectivity index (χ0n) is 14.6. The molecule has 6 nitrogen and oxygen atoms in total. The number of halogens is 1. The molecule has 0 radical (unpaired) electrons. The van der Waals surface area contributed by atoms with Crippen molar-refractivity contribution in [3.05, 3.63) is 17.2 Å². The molecule has 1 fully saturated rings. The maximum atomic E-state index is 12.0. The van der Waals surface area contributed by atoms with E-state index >= 15 is 0 Å². The Labute approximate surface area is 152 Å². The van der Waals surface area contributed by atoms with E-state index in [0.717, 1.165) is 6.42 Å². The smallest absolute Gasteiger partial charge is 0.306 e. The first-order valence-corrected chi connectivity index (χ1v) is 8.78. The van der Waals surface area contributed by atoms with Crippen molar-refractivity contribution < 1.29 is 23.8 Å². The van der Waals surface area contributed by atoms with Gasteiger partial charge >= 0.3 is 5.97 Å². The largest absolute Gasteiger partial charge is 0.495 e. The first-order chi connectivity index (χ1) is 12.0. The molecule has 0 aromatic heterocycles. The highest BCUT2D eigenvalue weighted by molar-refractivity contribution is 6.32. The number of benzene rings is 1. The number of carbonyl (C=O) groups is 2. The van der Waals surface area contributed by atoms with Crippen molar-refractivity contribution in [2.24, 2.45) is 5.92 Å². The van der Waals surface area contributed by atoms with Crippen LogP contribution in [-0.4, -0.2) is 32.7 Å². The Morgan fingerprint density at radius 1 is 1.16 bits per heavy atom. The van der Waals surface area contributed by atoms with Gasteiger partial charge in [-0.15, -0.1) is 0 Å². The van der Waals surface area contributed by atoms with Gasteiger partial charge in [0, 0.05) is 12.5 Å². The Bertz CT molecular complexity index is 614. The Morgan fingerprint density at radius 3 is 2.48 bits per heavy atom. The molecular weight excluding hydrogens is 346 g/mol. The van der Waals surface area contributed by atoms with Gasteiger partial charge in [-0.05, 0) is 18.4 Å². The summed E-state index contributed by atoms with van der Waals surface area (Å²) in [6.07, 6.45) is 6.05. The lowest BCUT2D eigenvalue weighted by molar-refractivity contribution is -0.147. The summed E-state index contributed by atoms with van der Waals surface area (Å²) in [6, 6.07) is 3.10. The second kappa shape index (κ2) is 9.51. The van der Waals surface area contributed by atoms with E-state index in [-0.39, 0.29) is 12.6 Å². The third kappa shape index (κ3) is 5.81. The Hall–Kier alpha value is -1.95. The van der Waals surface area contributed by atoms with Crippen molar-refractivity contribution in [1.82, 2.24) is 0 Å². The summed E-state index contributed by atoms with van der Waals surface area (Å²) >= 11 is 6.06.